The third-order valence-electron chi connectivity index (χ3n) is 1.58. The summed E-state index contributed by atoms with van der Waals surface area (Å²) in [5, 5.41) is 12.4. The molecule has 1 rings (SSSR count). The zero-order chi connectivity index (χ0) is 8.65. The molecule has 1 amide bonds. The lowest BCUT2D eigenvalue weighted by Gasteiger charge is -2.34. The molecular weight excluding hydrogens is 172 g/mol. The fourth-order valence-corrected chi connectivity index (χ4v) is 1.58. The number of hydrogen-bond donors (Lipinski definition) is 2. The minimum Gasteiger partial charge on any atom is -0.465 e. The average Bonchev–Trinajstić information content (AvgIpc) is 1.51. The van der Waals surface area contributed by atoms with Gasteiger partial charge in [-0.2, -0.15) is 0 Å². The lowest BCUT2D eigenvalue weighted by Crippen LogP contribution is -2.58. The predicted molar refractivity (Wildman–Crippen MR) is 36.5 cm³/mol. The van der Waals surface area contributed by atoms with Gasteiger partial charge in [-0.1, -0.05) is 0 Å². The Balaban J connectivity index is 2.48. The third kappa shape index (κ3) is 1.60. The second-order valence-corrected chi connectivity index (χ2v) is 4.24. The van der Waals surface area contributed by atoms with Gasteiger partial charge < -0.3 is 10.0 Å². The molecule has 0 bridgehead atoms. The summed E-state index contributed by atoms with van der Waals surface area (Å²) < 4.78 is 21.1. The molecule has 0 unspecified atom stereocenters. The minimum absolute atomic E-state index is 0.00579. The number of likely N-dealkylation sites (tertiary alicyclic amines) is 1. The molecular formula is C4H8N2O4S. The van der Waals surface area contributed by atoms with Gasteiger partial charge in [-0.05, 0) is 0 Å². The predicted octanol–water partition coefficient (Wildman–Crippen LogP) is -1.36. The van der Waals surface area contributed by atoms with E-state index in [0.717, 1.165) is 4.90 Å². The van der Waals surface area contributed by atoms with E-state index >= 15 is 0 Å². The topological polar surface area (TPSA) is 101 Å². The highest BCUT2D eigenvalue weighted by Crippen LogP contribution is 2.13. The van der Waals surface area contributed by atoms with Gasteiger partial charge in [0.05, 0.1) is 0 Å². The third-order valence-corrected chi connectivity index (χ3v) is 2.81. The summed E-state index contributed by atoms with van der Waals surface area (Å²) in [7, 11) is -3.54. The van der Waals surface area contributed by atoms with E-state index in [1.807, 2.05) is 0 Å². The van der Waals surface area contributed by atoms with E-state index in [9.17, 15) is 13.2 Å². The van der Waals surface area contributed by atoms with Crippen LogP contribution in [0.25, 0.3) is 0 Å². The zero-order valence-corrected chi connectivity index (χ0v) is 6.41. The lowest BCUT2D eigenvalue weighted by molar-refractivity contribution is 0.120. The van der Waals surface area contributed by atoms with Gasteiger partial charge >= 0.3 is 6.09 Å². The molecule has 3 N–H and O–H groups in total. The summed E-state index contributed by atoms with van der Waals surface area (Å²) in [6.07, 6.45) is -1.11. The standard InChI is InChI=1S/C4H8N2O4S/c5-11(9,10)3-1-6(2-3)4(7)8/h3H,1-2H2,(H,7,8)(H2,5,9,10). The molecule has 0 aliphatic carbocycles. The normalized spacial score (nSPS) is 19.5. The molecule has 6 nitrogen and oxygen atoms in total. The molecule has 1 aliphatic rings. The van der Waals surface area contributed by atoms with E-state index in [2.05, 4.69) is 0 Å². The Hall–Kier alpha value is -0.820. The first-order valence-electron chi connectivity index (χ1n) is 2.91. The van der Waals surface area contributed by atoms with Crippen LogP contribution in [0.5, 0.6) is 0 Å². The van der Waals surface area contributed by atoms with Crippen LogP contribution in [0.3, 0.4) is 0 Å². The molecule has 0 aromatic carbocycles. The number of nitrogens with two attached hydrogens (primary N) is 1. The van der Waals surface area contributed by atoms with Crippen molar-refractivity contribution in [1.82, 2.24) is 4.90 Å². The van der Waals surface area contributed by atoms with Crippen LogP contribution < -0.4 is 5.14 Å². The fraction of sp³-hybridized carbons (Fsp3) is 0.750. The maximum absolute atomic E-state index is 10.5. The fourth-order valence-electron chi connectivity index (χ4n) is 0.802. The van der Waals surface area contributed by atoms with Gasteiger partial charge in [0.15, 0.2) is 0 Å². The van der Waals surface area contributed by atoms with Gasteiger partial charge in [-0.3, -0.25) is 0 Å². The highest BCUT2D eigenvalue weighted by molar-refractivity contribution is 7.89. The van der Waals surface area contributed by atoms with Crippen molar-refractivity contribution in [3.05, 3.63) is 0 Å². The number of rotatable bonds is 1. The number of amides is 1. The monoisotopic (exact) mass is 180 g/mol. The highest BCUT2D eigenvalue weighted by Gasteiger charge is 2.37. The number of carboxylic acid groups (broad SMARTS) is 1. The van der Waals surface area contributed by atoms with Gasteiger partial charge in [-0.15, -0.1) is 0 Å². The maximum atomic E-state index is 10.5. The SMILES string of the molecule is NS(=O)(=O)C1CN(C(=O)O)C1. The van der Waals surface area contributed by atoms with Crippen molar-refractivity contribution in [2.24, 2.45) is 5.14 Å². The second kappa shape index (κ2) is 2.35. The Bertz CT molecular complexity index is 266. The van der Waals surface area contributed by atoms with Crippen molar-refractivity contribution in [3.8, 4) is 0 Å². The van der Waals surface area contributed by atoms with Crippen molar-refractivity contribution >= 4 is 16.1 Å². The van der Waals surface area contributed by atoms with Gasteiger partial charge in [0.25, 0.3) is 0 Å². The summed E-state index contributed by atoms with van der Waals surface area (Å²) in [4.78, 5) is 11.1. The van der Waals surface area contributed by atoms with Crippen LogP contribution in [0.1, 0.15) is 0 Å². The molecule has 0 radical (unpaired) electrons. The first-order valence-corrected chi connectivity index (χ1v) is 4.51. The van der Waals surface area contributed by atoms with E-state index in [-0.39, 0.29) is 13.1 Å². The number of nitrogens with zero attached hydrogens (tertiary/aromatic N) is 1. The molecule has 0 atom stereocenters. The summed E-state index contributed by atoms with van der Waals surface area (Å²) in [6, 6.07) is 0. The maximum Gasteiger partial charge on any atom is 0.407 e. The molecule has 0 aromatic heterocycles. The van der Waals surface area contributed by atoms with E-state index in [1.54, 1.807) is 0 Å². The molecule has 0 aromatic rings. The molecule has 0 spiro atoms. The van der Waals surface area contributed by atoms with E-state index < -0.39 is 21.4 Å². The van der Waals surface area contributed by atoms with Crippen LogP contribution in [0.15, 0.2) is 0 Å². The van der Waals surface area contributed by atoms with Crippen molar-refractivity contribution in [2.45, 2.75) is 5.25 Å². The van der Waals surface area contributed by atoms with Crippen LogP contribution in [-0.4, -0.2) is 42.9 Å². The quantitative estimate of drug-likeness (QED) is 0.520. The van der Waals surface area contributed by atoms with Crippen molar-refractivity contribution < 1.29 is 18.3 Å². The van der Waals surface area contributed by atoms with Gasteiger partial charge in [0, 0.05) is 13.1 Å². The Kier molecular flexibility index (Phi) is 1.77. The van der Waals surface area contributed by atoms with Crippen LogP contribution in [0, 0.1) is 0 Å². The summed E-state index contributed by atoms with van der Waals surface area (Å²) in [5.74, 6) is 0. The molecule has 1 fully saturated rings. The smallest absolute Gasteiger partial charge is 0.407 e. The summed E-state index contributed by atoms with van der Waals surface area (Å²) in [5.41, 5.74) is 0. The molecule has 7 heteroatoms. The van der Waals surface area contributed by atoms with Gasteiger partial charge in [-0.25, -0.2) is 18.4 Å². The lowest BCUT2D eigenvalue weighted by atomic mass is 10.2. The van der Waals surface area contributed by atoms with Crippen molar-refractivity contribution in [3.63, 3.8) is 0 Å². The number of carbonyl (C=O) groups is 1. The van der Waals surface area contributed by atoms with Crippen LogP contribution in [0.4, 0.5) is 4.79 Å². The van der Waals surface area contributed by atoms with Crippen LogP contribution >= 0.6 is 0 Å². The molecule has 11 heavy (non-hydrogen) atoms. The largest absolute Gasteiger partial charge is 0.465 e. The second-order valence-electron chi connectivity index (χ2n) is 2.40. The average molecular weight is 180 g/mol. The number of primary sulfonamides is 1. The first kappa shape index (κ1) is 8.28. The number of hydrogen-bond acceptors (Lipinski definition) is 3. The minimum atomic E-state index is -3.54. The first-order chi connectivity index (χ1) is 4.91. The van der Waals surface area contributed by atoms with E-state index in [0.29, 0.717) is 0 Å². The van der Waals surface area contributed by atoms with E-state index in [1.165, 1.54) is 0 Å². The van der Waals surface area contributed by atoms with Crippen molar-refractivity contribution in [1.29, 1.82) is 0 Å². The van der Waals surface area contributed by atoms with Crippen molar-refractivity contribution in [2.75, 3.05) is 13.1 Å². The zero-order valence-electron chi connectivity index (χ0n) is 5.60. The summed E-state index contributed by atoms with van der Waals surface area (Å²) >= 11 is 0. The molecule has 1 aliphatic heterocycles. The Labute approximate surface area is 63.6 Å². The van der Waals surface area contributed by atoms with Crippen LogP contribution in [-0.2, 0) is 10.0 Å². The highest BCUT2D eigenvalue weighted by atomic mass is 32.2. The molecule has 64 valence electrons. The Morgan fingerprint density at radius 2 is 2.00 bits per heavy atom. The summed E-state index contributed by atoms with van der Waals surface area (Å²) in [6.45, 7) is -0.0116. The Morgan fingerprint density at radius 1 is 1.55 bits per heavy atom. The molecule has 0 saturated carbocycles. The molecule has 1 saturated heterocycles. The number of sulfonamides is 1. The molecule has 1 heterocycles. The van der Waals surface area contributed by atoms with Crippen LogP contribution in [0.2, 0.25) is 0 Å². The van der Waals surface area contributed by atoms with Gasteiger partial charge in [0.2, 0.25) is 10.0 Å². The Morgan fingerprint density at radius 3 is 2.27 bits per heavy atom. The van der Waals surface area contributed by atoms with Gasteiger partial charge in [0.1, 0.15) is 5.25 Å². The van der Waals surface area contributed by atoms with E-state index in [4.69, 9.17) is 10.2 Å².